The molecule has 22 heavy (non-hydrogen) atoms. The summed E-state index contributed by atoms with van der Waals surface area (Å²) in [5.41, 5.74) is 0.502. The zero-order valence-corrected chi connectivity index (χ0v) is 14.6. The Morgan fingerprint density at radius 1 is 1.23 bits per heavy atom. The van der Waals surface area contributed by atoms with Gasteiger partial charge in [0.15, 0.2) is 0 Å². The molecule has 0 atom stereocenters. The van der Waals surface area contributed by atoms with Crippen molar-refractivity contribution in [2.75, 3.05) is 6.54 Å². The Morgan fingerprint density at radius 3 is 2.36 bits per heavy atom. The molecule has 1 fully saturated rings. The van der Waals surface area contributed by atoms with Gasteiger partial charge in [0.1, 0.15) is 6.54 Å². The highest BCUT2D eigenvalue weighted by atomic mass is 79.9. The maximum Gasteiger partial charge on any atom is 0.325 e. The topological polar surface area (TPSA) is 55.4 Å². The van der Waals surface area contributed by atoms with Gasteiger partial charge >= 0.3 is 5.97 Å². The number of rotatable bonds is 5. The van der Waals surface area contributed by atoms with Gasteiger partial charge in [-0.2, -0.15) is 0 Å². The molecule has 0 aromatic heterocycles. The molecule has 1 aliphatic rings. The van der Waals surface area contributed by atoms with Gasteiger partial charge in [0.25, 0.3) is 0 Å². The lowest BCUT2D eigenvalue weighted by Gasteiger charge is -2.28. The molecule has 2 rings (SSSR count). The van der Waals surface area contributed by atoms with Gasteiger partial charge in [-0.15, -0.1) is 0 Å². The largest absolute Gasteiger partial charge is 0.462 e. The molecule has 0 unspecified atom stereocenters. The highest BCUT2D eigenvalue weighted by molar-refractivity contribution is 9.10. The smallest absolute Gasteiger partial charge is 0.325 e. The van der Waals surface area contributed by atoms with Gasteiger partial charge in [-0.25, -0.2) is 0 Å². The molecule has 5 heteroatoms. The molecule has 1 saturated carbocycles. The van der Waals surface area contributed by atoms with E-state index >= 15 is 0 Å². The summed E-state index contributed by atoms with van der Waals surface area (Å²) in [7, 11) is 0. The SMILES string of the molecule is CC(C)OC(=O)CNC(=O)C1(c2ccc(Br)cc2)CCCC1. The average Bonchev–Trinajstić information content (AvgIpc) is 2.95. The highest BCUT2D eigenvalue weighted by Crippen LogP contribution is 2.41. The minimum atomic E-state index is -0.515. The Balaban J connectivity index is 2.09. The second-order valence-corrected chi connectivity index (χ2v) is 6.93. The van der Waals surface area contributed by atoms with Crippen molar-refractivity contribution in [2.45, 2.75) is 51.0 Å². The predicted molar refractivity (Wildman–Crippen MR) is 88.5 cm³/mol. The second kappa shape index (κ2) is 7.27. The first kappa shape index (κ1) is 17.0. The standard InChI is InChI=1S/C17H22BrNO3/c1-12(2)22-15(20)11-19-16(21)17(9-3-4-10-17)13-5-7-14(18)8-6-13/h5-8,12H,3-4,9-11H2,1-2H3,(H,19,21). The van der Waals surface area contributed by atoms with Crippen LogP contribution in [0.1, 0.15) is 45.1 Å². The summed E-state index contributed by atoms with van der Waals surface area (Å²) in [4.78, 5) is 24.3. The third-order valence-corrected chi connectivity index (χ3v) is 4.58. The van der Waals surface area contributed by atoms with E-state index in [1.165, 1.54) is 0 Å². The van der Waals surface area contributed by atoms with E-state index in [0.29, 0.717) is 0 Å². The van der Waals surface area contributed by atoms with Crippen LogP contribution in [0, 0.1) is 0 Å². The fraction of sp³-hybridized carbons (Fsp3) is 0.529. The summed E-state index contributed by atoms with van der Waals surface area (Å²) in [6, 6.07) is 7.88. The lowest BCUT2D eigenvalue weighted by atomic mass is 9.78. The van der Waals surface area contributed by atoms with E-state index in [-0.39, 0.29) is 18.6 Å². The van der Waals surface area contributed by atoms with Crippen LogP contribution in [0.15, 0.2) is 28.7 Å². The van der Waals surface area contributed by atoms with Crippen LogP contribution in [0.25, 0.3) is 0 Å². The molecule has 0 spiro atoms. The number of carbonyl (C=O) groups excluding carboxylic acids is 2. The van der Waals surface area contributed by atoms with E-state index < -0.39 is 11.4 Å². The number of carbonyl (C=O) groups is 2. The van der Waals surface area contributed by atoms with Crippen LogP contribution in [-0.4, -0.2) is 24.5 Å². The Bertz CT molecular complexity index is 533. The van der Waals surface area contributed by atoms with E-state index in [1.807, 2.05) is 24.3 Å². The van der Waals surface area contributed by atoms with Gasteiger partial charge in [-0.05, 0) is 44.4 Å². The van der Waals surface area contributed by atoms with Crippen molar-refractivity contribution in [2.24, 2.45) is 0 Å². The number of esters is 1. The Hall–Kier alpha value is -1.36. The molecule has 1 amide bonds. The van der Waals surface area contributed by atoms with Crippen molar-refractivity contribution >= 4 is 27.8 Å². The van der Waals surface area contributed by atoms with E-state index in [0.717, 1.165) is 35.7 Å². The molecule has 0 aliphatic heterocycles. The van der Waals surface area contributed by atoms with Crippen LogP contribution < -0.4 is 5.32 Å². The molecule has 120 valence electrons. The van der Waals surface area contributed by atoms with Gasteiger partial charge < -0.3 is 10.1 Å². The molecule has 0 radical (unpaired) electrons. The third kappa shape index (κ3) is 3.88. The van der Waals surface area contributed by atoms with Crippen LogP contribution in [0.3, 0.4) is 0 Å². The summed E-state index contributed by atoms with van der Waals surface area (Å²) in [5.74, 6) is -0.472. The number of benzene rings is 1. The zero-order valence-electron chi connectivity index (χ0n) is 13.0. The molecular weight excluding hydrogens is 346 g/mol. The van der Waals surface area contributed by atoms with E-state index in [2.05, 4.69) is 21.2 Å². The lowest BCUT2D eigenvalue weighted by Crippen LogP contribution is -2.44. The van der Waals surface area contributed by atoms with Crippen LogP contribution in [0.4, 0.5) is 0 Å². The molecule has 1 N–H and O–H groups in total. The fourth-order valence-corrected chi connectivity index (χ4v) is 3.28. The van der Waals surface area contributed by atoms with Gasteiger partial charge in [-0.3, -0.25) is 9.59 Å². The average molecular weight is 368 g/mol. The first-order valence-corrected chi connectivity index (χ1v) is 8.47. The van der Waals surface area contributed by atoms with Gasteiger partial charge in [0, 0.05) is 4.47 Å². The molecule has 0 bridgehead atoms. The van der Waals surface area contributed by atoms with Crippen molar-refractivity contribution < 1.29 is 14.3 Å². The highest BCUT2D eigenvalue weighted by Gasteiger charge is 2.42. The summed E-state index contributed by atoms with van der Waals surface area (Å²) in [5, 5.41) is 2.76. The van der Waals surface area contributed by atoms with Crippen LogP contribution in [0.5, 0.6) is 0 Å². The summed E-state index contributed by atoms with van der Waals surface area (Å²) in [6.45, 7) is 3.51. The van der Waals surface area contributed by atoms with Crippen LogP contribution in [0.2, 0.25) is 0 Å². The van der Waals surface area contributed by atoms with Crippen LogP contribution >= 0.6 is 15.9 Å². The lowest BCUT2D eigenvalue weighted by molar-refractivity contribution is -0.147. The fourth-order valence-electron chi connectivity index (χ4n) is 3.02. The van der Waals surface area contributed by atoms with Crippen molar-refractivity contribution in [3.63, 3.8) is 0 Å². The minimum Gasteiger partial charge on any atom is -0.462 e. The Morgan fingerprint density at radius 2 is 1.82 bits per heavy atom. The zero-order chi connectivity index (χ0) is 16.2. The maximum absolute atomic E-state index is 12.7. The van der Waals surface area contributed by atoms with Crippen molar-refractivity contribution in [3.05, 3.63) is 34.3 Å². The van der Waals surface area contributed by atoms with Crippen molar-refractivity contribution in [1.29, 1.82) is 0 Å². The van der Waals surface area contributed by atoms with E-state index in [1.54, 1.807) is 13.8 Å². The van der Waals surface area contributed by atoms with Gasteiger partial charge in [-0.1, -0.05) is 40.9 Å². The van der Waals surface area contributed by atoms with Crippen molar-refractivity contribution in [1.82, 2.24) is 5.32 Å². The van der Waals surface area contributed by atoms with Crippen molar-refractivity contribution in [3.8, 4) is 0 Å². The third-order valence-electron chi connectivity index (χ3n) is 4.05. The maximum atomic E-state index is 12.7. The van der Waals surface area contributed by atoms with E-state index in [4.69, 9.17) is 4.74 Å². The summed E-state index contributed by atoms with van der Waals surface area (Å²) >= 11 is 3.42. The molecule has 0 heterocycles. The molecular formula is C17H22BrNO3. The second-order valence-electron chi connectivity index (χ2n) is 6.02. The number of amides is 1. The van der Waals surface area contributed by atoms with Gasteiger partial charge in [0.2, 0.25) is 5.91 Å². The summed E-state index contributed by atoms with van der Waals surface area (Å²) < 4.78 is 6.05. The predicted octanol–water partition coefficient (Wildman–Crippen LogP) is 3.33. The van der Waals surface area contributed by atoms with Gasteiger partial charge in [0.05, 0.1) is 11.5 Å². The normalized spacial score (nSPS) is 16.5. The number of hydrogen-bond donors (Lipinski definition) is 1. The van der Waals surface area contributed by atoms with Crippen LogP contribution in [-0.2, 0) is 19.7 Å². The first-order valence-electron chi connectivity index (χ1n) is 7.68. The first-order chi connectivity index (χ1) is 10.4. The number of hydrogen-bond acceptors (Lipinski definition) is 3. The Kier molecular flexibility index (Phi) is 5.62. The van der Waals surface area contributed by atoms with E-state index in [9.17, 15) is 9.59 Å². The number of ether oxygens (including phenoxy) is 1. The molecule has 1 aliphatic carbocycles. The number of nitrogens with one attached hydrogen (secondary N) is 1. The summed E-state index contributed by atoms with van der Waals surface area (Å²) in [6.07, 6.45) is 3.52. The quantitative estimate of drug-likeness (QED) is 0.812. The number of halogens is 1. The minimum absolute atomic E-state index is 0.0741. The monoisotopic (exact) mass is 367 g/mol. The molecule has 4 nitrogen and oxygen atoms in total. The molecule has 0 saturated heterocycles. The molecule has 1 aromatic carbocycles. The Labute approximate surface area is 139 Å². The molecule has 1 aromatic rings.